The lowest BCUT2D eigenvalue weighted by atomic mass is 10.1. The molecule has 0 spiro atoms. The van der Waals surface area contributed by atoms with Crippen molar-refractivity contribution in [2.45, 2.75) is 25.9 Å². The highest BCUT2D eigenvalue weighted by Crippen LogP contribution is 2.17. The molecule has 1 aromatic heterocycles. The van der Waals surface area contributed by atoms with Crippen molar-refractivity contribution in [1.82, 2.24) is 14.8 Å². The van der Waals surface area contributed by atoms with Crippen LogP contribution in [0.25, 0.3) is 0 Å². The monoisotopic (exact) mass is 263 g/mol. The molecule has 4 heteroatoms. The van der Waals surface area contributed by atoms with E-state index in [0.717, 1.165) is 38.3 Å². The van der Waals surface area contributed by atoms with Crippen molar-refractivity contribution in [1.29, 1.82) is 0 Å². The number of pyridine rings is 1. The Morgan fingerprint density at radius 3 is 2.84 bits per heavy atom. The zero-order valence-corrected chi connectivity index (χ0v) is 12.0. The highest BCUT2D eigenvalue weighted by atomic mass is 16.3. The van der Waals surface area contributed by atoms with Crippen LogP contribution in [-0.4, -0.2) is 59.2 Å². The van der Waals surface area contributed by atoms with Crippen LogP contribution >= 0.6 is 0 Å². The molecule has 1 aliphatic rings. The molecule has 2 heterocycles. The number of likely N-dealkylation sites (N-methyl/N-ethyl adjacent to an activating group) is 1. The lowest BCUT2D eigenvalue weighted by Crippen LogP contribution is -2.40. The fourth-order valence-electron chi connectivity index (χ4n) is 3.01. The lowest BCUT2D eigenvalue weighted by Gasteiger charge is -2.30. The minimum absolute atomic E-state index is 0.256. The van der Waals surface area contributed by atoms with E-state index >= 15 is 0 Å². The van der Waals surface area contributed by atoms with Gasteiger partial charge in [0.25, 0.3) is 0 Å². The van der Waals surface area contributed by atoms with E-state index in [-0.39, 0.29) is 6.61 Å². The average molecular weight is 263 g/mol. The maximum atomic E-state index is 9.29. The number of aliphatic hydroxyl groups is 1. The standard InChI is InChI=1S/C15H25N3O/c1-13-9-17(2)12-15(6-8-19)18(10-13)11-14-5-3-4-7-16-14/h3-5,7,13,15,19H,6,8-12H2,1-2H3. The molecule has 2 rings (SSSR count). The van der Waals surface area contributed by atoms with Crippen LogP contribution in [0.1, 0.15) is 19.0 Å². The molecule has 0 radical (unpaired) electrons. The summed E-state index contributed by atoms with van der Waals surface area (Å²) in [4.78, 5) is 9.28. The molecule has 19 heavy (non-hydrogen) atoms. The predicted octanol–water partition coefficient (Wildman–Crippen LogP) is 1.22. The first kappa shape index (κ1) is 14.4. The second-order valence-electron chi connectivity index (χ2n) is 5.74. The van der Waals surface area contributed by atoms with Gasteiger partial charge in [0.15, 0.2) is 0 Å². The van der Waals surface area contributed by atoms with Crippen LogP contribution in [0.5, 0.6) is 0 Å². The van der Waals surface area contributed by atoms with Gasteiger partial charge in [0.2, 0.25) is 0 Å². The van der Waals surface area contributed by atoms with Gasteiger partial charge in [0, 0.05) is 45.0 Å². The van der Waals surface area contributed by atoms with E-state index < -0.39 is 0 Å². The molecule has 0 amide bonds. The molecule has 106 valence electrons. The maximum absolute atomic E-state index is 9.29. The third-order valence-corrected chi connectivity index (χ3v) is 3.76. The maximum Gasteiger partial charge on any atom is 0.0544 e. The summed E-state index contributed by atoms with van der Waals surface area (Å²) in [7, 11) is 2.17. The van der Waals surface area contributed by atoms with Gasteiger partial charge in [-0.3, -0.25) is 9.88 Å². The van der Waals surface area contributed by atoms with E-state index in [4.69, 9.17) is 0 Å². The summed E-state index contributed by atoms with van der Waals surface area (Å²) in [6.45, 7) is 6.66. The molecule has 1 fully saturated rings. The van der Waals surface area contributed by atoms with E-state index in [9.17, 15) is 5.11 Å². The fraction of sp³-hybridized carbons (Fsp3) is 0.667. The molecule has 0 aromatic carbocycles. The third kappa shape index (κ3) is 4.27. The fourth-order valence-corrected chi connectivity index (χ4v) is 3.01. The molecular formula is C15H25N3O. The zero-order chi connectivity index (χ0) is 13.7. The van der Waals surface area contributed by atoms with Crippen LogP contribution in [0.3, 0.4) is 0 Å². The average Bonchev–Trinajstić information content (AvgIpc) is 2.50. The summed E-state index contributed by atoms with van der Waals surface area (Å²) < 4.78 is 0. The normalized spacial score (nSPS) is 26.3. The first-order valence-corrected chi connectivity index (χ1v) is 7.12. The Bertz CT molecular complexity index is 371. The number of aromatic nitrogens is 1. The largest absolute Gasteiger partial charge is 0.396 e. The van der Waals surface area contributed by atoms with Crippen LogP contribution in [0.15, 0.2) is 24.4 Å². The van der Waals surface area contributed by atoms with Gasteiger partial charge in [-0.05, 0) is 31.5 Å². The number of nitrogens with zero attached hydrogens (tertiary/aromatic N) is 3. The van der Waals surface area contributed by atoms with Crippen LogP contribution in [0, 0.1) is 5.92 Å². The Labute approximate surface area is 116 Å². The highest BCUT2D eigenvalue weighted by Gasteiger charge is 2.26. The highest BCUT2D eigenvalue weighted by molar-refractivity contribution is 5.04. The molecule has 1 N–H and O–H groups in total. The number of hydrogen-bond acceptors (Lipinski definition) is 4. The molecule has 1 aliphatic heterocycles. The van der Waals surface area contributed by atoms with Gasteiger partial charge in [-0.2, -0.15) is 0 Å². The van der Waals surface area contributed by atoms with Gasteiger partial charge in [-0.15, -0.1) is 0 Å². The molecule has 0 aliphatic carbocycles. The molecule has 0 saturated carbocycles. The van der Waals surface area contributed by atoms with Crippen LogP contribution < -0.4 is 0 Å². The minimum atomic E-state index is 0.256. The van der Waals surface area contributed by atoms with Gasteiger partial charge in [-0.1, -0.05) is 13.0 Å². The Balaban J connectivity index is 2.08. The molecule has 1 aromatic rings. The predicted molar refractivity (Wildman–Crippen MR) is 76.8 cm³/mol. The number of aliphatic hydroxyl groups excluding tert-OH is 1. The van der Waals surface area contributed by atoms with Gasteiger partial charge in [-0.25, -0.2) is 0 Å². The van der Waals surface area contributed by atoms with E-state index in [1.165, 1.54) is 0 Å². The SMILES string of the molecule is CC1CN(C)CC(CCO)N(Cc2ccccn2)C1. The molecule has 4 nitrogen and oxygen atoms in total. The van der Waals surface area contributed by atoms with Crippen molar-refractivity contribution in [3.05, 3.63) is 30.1 Å². The van der Waals surface area contributed by atoms with Gasteiger partial charge in [0.05, 0.1) is 5.69 Å². The number of hydrogen-bond donors (Lipinski definition) is 1. The van der Waals surface area contributed by atoms with Gasteiger partial charge >= 0.3 is 0 Å². The van der Waals surface area contributed by atoms with Crippen molar-refractivity contribution in [3.63, 3.8) is 0 Å². The summed E-state index contributed by atoms with van der Waals surface area (Å²) >= 11 is 0. The first-order valence-electron chi connectivity index (χ1n) is 7.12. The Hall–Kier alpha value is -0.970. The molecule has 0 bridgehead atoms. The molecule has 1 saturated heterocycles. The van der Waals surface area contributed by atoms with Gasteiger partial charge in [0.1, 0.15) is 0 Å². The second kappa shape index (κ2) is 6.98. The quantitative estimate of drug-likeness (QED) is 0.886. The van der Waals surface area contributed by atoms with Gasteiger partial charge < -0.3 is 10.0 Å². The van der Waals surface area contributed by atoms with Crippen LogP contribution in [0.2, 0.25) is 0 Å². The van der Waals surface area contributed by atoms with Crippen LogP contribution in [-0.2, 0) is 6.54 Å². The van der Waals surface area contributed by atoms with Crippen LogP contribution in [0.4, 0.5) is 0 Å². The summed E-state index contributed by atoms with van der Waals surface area (Å²) in [5, 5.41) is 9.29. The Kier molecular flexibility index (Phi) is 5.31. The zero-order valence-electron chi connectivity index (χ0n) is 12.0. The lowest BCUT2D eigenvalue weighted by molar-refractivity contribution is 0.138. The summed E-state index contributed by atoms with van der Waals surface area (Å²) in [5.41, 5.74) is 1.11. The van der Waals surface area contributed by atoms with Crippen molar-refractivity contribution in [2.75, 3.05) is 33.3 Å². The second-order valence-corrected chi connectivity index (χ2v) is 5.74. The molecular weight excluding hydrogens is 238 g/mol. The Morgan fingerprint density at radius 2 is 2.16 bits per heavy atom. The summed E-state index contributed by atoms with van der Waals surface area (Å²) in [6.07, 6.45) is 2.69. The molecule has 2 unspecified atom stereocenters. The first-order chi connectivity index (χ1) is 9.19. The topological polar surface area (TPSA) is 39.6 Å². The van der Waals surface area contributed by atoms with Crippen molar-refractivity contribution in [3.8, 4) is 0 Å². The third-order valence-electron chi connectivity index (χ3n) is 3.76. The summed E-state index contributed by atoms with van der Waals surface area (Å²) in [6, 6.07) is 6.49. The van der Waals surface area contributed by atoms with Crippen molar-refractivity contribution in [2.24, 2.45) is 5.92 Å². The van der Waals surface area contributed by atoms with E-state index in [0.29, 0.717) is 12.0 Å². The minimum Gasteiger partial charge on any atom is -0.396 e. The van der Waals surface area contributed by atoms with E-state index in [1.54, 1.807) is 0 Å². The summed E-state index contributed by atoms with van der Waals surface area (Å²) in [5.74, 6) is 0.650. The smallest absolute Gasteiger partial charge is 0.0544 e. The Morgan fingerprint density at radius 1 is 1.32 bits per heavy atom. The van der Waals surface area contributed by atoms with Crippen molar-refractivity contribution >= 4 is 0 Å². The van der Waals surface area contributed by atoms with Crippen molar-refractivity contribution < 1.29 is 5.11 Å². The van der Waals surface area contributed by atoms with E-state index in [1.807, 2.05) is 18.3 Å². The van der Waals surface area contributed by atoms with E-state index in [2.05, 4.69) is 34.8 Å². The number of rotatable bonds is 4. The molecule has 2 atom stereocenters.